The Morgan fingerprint density at radius 2 is 1.03 bits per heavy atom. The highest BCUT2D eigenvalue weighted by Crippen LogP contribution is 2.37. The molecule has 0 fully saturated rings. The van der Waals surface area contributed by atoms with Crippen LogP contribution in [0.25, 0.3) is 55.2 Å². The van der Waals surface area contributed by atoms with Crippen LogP contribution in [0.5, 0.6) is 0 Å². The van der Waals surface area contributed by atoms with E-state index in [4.69, 9.17) is 4.98 Å². The van der Waals surface area contributed by atoms with Crippen LogP contribution in [0.3, 0.4) is 0 Å². The maximum Gasteiger partial charge on any atom is 0.0972 e. The number of rotatable bonds is 2. The summed E-state index contributed by atoms with van der Waals surface area (Å²) >= 11 is 0. The molecule has 0 saturated carbocycles. The first kappa shape index (κ1) is 18.2. The highest BCUT2D eigenvalue weighted by molar-refractivity contribution is 6.15. The van der Waals surface area contributed by atoms with Crippen molar-refractivity contribution < 1.29 is 0 Å². The summed E-state index contributed by atoms with van der Waals surface area (Å²) in [5.41, 5.74) is 10.2. The van der Waals surface area contributed by atoms with Crippen LogP contribution in [0.15, 0.2) is 109 Å². The van der Waals surface area contributed by atoms with E-state index in [0.717, 1.165) is 33.4 Å². The summed E-state index contributed by atoms with van der Waals surface area (Å²) in [5.74, 6) is 0. The summed E-state index contributed by atoms with van der Waals surface area (Å²) in [6, 6.07) is 38.7. The van der Waals surface area contributed by atoms with E-state index >= 15 is 0 Å². The molecule has 3 heterocycles. The second-order valence-corrected chi connectivity index (χ2v) is 8.60. The molecule has 7 aromatic rings. The lowest BCUT2D eigenvalue weighted by Crippen LogP contribution is -1.96. The van der Waals surface area contributed by atoms with Crippen LogP contribution in [-0.4, -0.2) is 14.1 Å². The standard InChI is InChI=1S/C30H21N3/c1-20-10-9-13-22(18-20)33-26-17-8-6-15-24(26)30-28(33)19-27-29(31-30)23-14-5-7-16-25(23)32(27)21-11-3-2-4-12-21/h2-19H,1H3. The fourth-order valence-corrected chi connectivity index (χ4v) is 5.13. The summed E-state index contributed by atoms with van der Waals surface area (Å²) in [6.45, 7) is 2.14. The van der Waals surface area contributed by atoms with Crippen molar-refractivity contribution in [2.45, 2.75) is 6.92 Å². The zero-order chi connectivity index (χ0) is 21.9. The quantitative estimate of drug-likeness (QED) is 0.281. The Morgan fingerprint density at radius 1 is 0.485 bits per heavy atom. The Hall–Kier alpha value is -4.37. The van der Waals surface area contributed by atoms with Crippen LogP contribution < -0.4 is 0 Å². The Morgan fingerprint density at radius 3 is 1.67 bits per heavy atom. The van der Waals surface area contributed by atoms with Gasteiger partial charge in [0.25, 0.3) is 0 Å². The molecule has 0 unspecified atom stereocenters. The number of aryl methyl sites for hydroxylation is 1. The first-order chi connectivity index (χ1) is 16.3. The average molecular weight is 424 g/mol. The lowest BCUT2D eigenvalue weighted by Gasteiger charge is -2.10. The highest BCUT2D eigenvalue weighted by Gasteiger charge is 2.19. The molecular formula is C30H21N3. The van der Waals surface area contributed by atoms with E-state index in [0.29, 0.717) is 0 Å². The summed E-state index contributed by atoms with van der Waals surface area (Å²) in [6.07, 6.45) is 0. The largest absolute Gasteiger partial charge is 0.308 e. The molecule has 0 bridgehead atoms. The number of hydrogen-bond acceptors (Lipinski definition) is 1. The van der Waals surface area contributed by atoms with Gasteiger partial charge in [-0.05, 0) is 55.0 Å². The van der Waals surface area contributed by atoms with Gasteiger partial charge in [0, 0.05) is 22.1 Å². The van der Waals surface area contributed by atoms with Gasteiger partial charge in [-0.3, -0.25) is 0 Å². The number of fused-ring (bicyclic) bond motifs is 6. The minimum Gasteiger partial charge on any atom is -0.308 e. The molecule has 0 amide bonds. The van der Waals surface area contributed by atoms with Gasteiger partial charge in [0.1, 0.15) is 0 Å². The van der Waals surface area contributed by atoms with E-state index in [1.165, 1.54) is 27.4 Å². The van der Waals surface area contributed by atoms with Gasteiger partial charge in [-0.1, -0.05) is 66.7 Å². The van der Waals surface area contributed by atoms with Crippen LogP contribution >= 0.6 is 0 Å². The molecule has 0 saturated heterocycles. The zero-order valence-electron chi connectivity index (χ0n) is 18.2. The van der Waals surface area contributed by atoms with Gasteiger partial charge < -0.3 is 9.13 Å². The van der Waals surface area contributed by atoms with Crippen LogP contribution in [-0.2, 0) is 0 Å². The predicted octanol–water partition coefficient (Wildman–Crippen LogP) is 7.58. The van der Waals surface area contributed by atoms with Crippen molar-refractivity contribution in [1.29, 1.82) is 0 Å². The maximum atomic E-state index is 5.31. The topological polar surface area (TPSA) is 22.8 Å². The molecule has 0 spiro atoms. The van der Waals surface area contributed by atoms with Gasteiger partial charge in [0.05, 0.1) is 33.1 Å². The minimum atomic E-state index is 1.04. The highest BCUT2D eigenvalue weighted by atomic mass is 15.0. The van der Waals surface area contributed by atoms with Gasteiger partial charge in [-0.15, -0.1) is 0 Å². The van der Waals surface area contributed by atoms with E-state index in [2.05, 4.69) is 125 Å². The van der Waals surface area contributed by atoms with Gasteiger partial charge in [0.15, 0.2) is 0 Å². The number of pyridine rings is 1. The third kappa shape index (κ3) is 2.60. The minimum absolute atomic E-state index is 1.04. The molecule has 4 aromatic carbocycles. The van der Waals surface area contributed by atoms with Crippen LogP contribution in [0, 0.1) is 6.92 Å². The van der Waals surface area contributed by atoms with Crippen LogP contribution in [0.2, 0.25) is 0 Å². The lowest BCUT2D eigenvalue weighted by atomic mass is 10.2. The summed E-state index contributed by atoms with van der Waals surface area (Å²) in [7, 11) is 0. The van der Waals surface area contributed by atoms with Crippen LogP contribution in [0.1, 0.15) is 5.56 Å². The van der Waals surface area contributed by atoms with E-state index in [9.17, 15) is 0 Å². The lowest BCUT2D eigenvalue weighted by molar-refractivity contribution is 1.16. The first-order valence-corrected chi connectivity index (χ1v) is 11.3. The van der Waals surface area contributed by atoms with Gasteiger partial charge in [-0.2, -0.15) is 0 Å². The zero-order valence-corrected chi connectivity index (χ0v) is 18.2. The Kier molecular flexibility index (Phi) is 3.76. The summed E-state index contributed by atoms with van der Waals surface area (Å²) in [4.78, 5) is 5.31. The van der Waals surface area contributed by atoms with Crippen LogP contribution in [0.4, 0.5) is 0 Å². The van der Waals surface area contributed by atoms with Gasteiger partial charge in [-0.25, -0.2) is 4.98 Å². The fourth-order valence-electron chi connectivity index (χ4n) is 5.13. The monoisotopic (exact) mass is 423 g/mol. The van der Waals surface area contributed by atoms with Crippen molar-refractivity contribution in [2.75, 3.05) is 0 Å². The number of benzene rings is 4. The second-order valence-electron chi connectivity index (χ2n) is 8.60. The molecule has 0 atom stereocenters. The third-order valence-electron chi connectivity index (χ3n) is 6.54. The van der Waals surface area contributed by atoms with E-state index in [1.807, 2.05) is 0 Å². The van der Waals surface area contributed by atoms with E-state index in [1.54, 1.807) is 0 Å². The Bertz CT molecular complexity index is 1820. The van der Waals surface area contributed by atoms with Crippen molar-refractivity contribution in [2.24, 2.45) is 0 Å². The SMILES string of the molecule is Cc1cccc(-n2c3ccccc3c3nc4c5ccccc5n(-c5ccccc5)c4cc32)c1. The normalized spacial score (nSPS) is 11.8. The molecular weight excluding hydrogens is 402 g/mol. The Labute approximate surface area is 191 Å². The molecule has 0 aliphatic rings. The van der Waals surface area contributed by atoms with E-state index in [-0.39, 0.29) is 0 Å². The second kappa shape index (κ2) is 6.81. The molecule has 3 nitrogen and oxygen atoms in total. The predicted molar refractivity (Wildman–Crippen MR) is 138 cm³/mol. The first-order valence-electron chi connectivity index (χ1n) is 11.3. The van der Waals surface area contributed by atoms with Crippen molar-refractivity contribution in [3.8, 4) is 11.4 Å². The molecule has 0 aliphatic heterocycles. The number of nitrogens with zero attached hydrogens (tertiary/aromatic N) is 3. The van der Waals surface area contributed by atoms with Crippen molar-refractivity contribution in [3.05, 3.63) is 115 Å². The number of para-hydroxylation sites is 3. The van der Waals surface area contributed by atoms with Crippen molar-refractivity contribution >= 4 is 43.9 Å². The summed E-state index contributed by atoms with van der Waals surface area (Å²) < 4.78 is 4.67. The number of aromatic nitrogens is 3. The van der Waals surface area contributed by atoms with Crippen molar-refractivity contribution in [1.82, 2.24) is 14.1 Å². The smallest absolute Gasteiger partial charge is 0.0972 e. The Balaban J connectivity index is 1.70. The average Bonchev–Trinajstić information content (AvgIpc) is 3.35. The molecule has 156 valence electrons. The molecule has 0 N–H and O–H groups in total. The van der Waals surface area contributed by atoms with Gasteiger partial charge in [0.2, 0.25) is 0 Å². The molecule has 3 aromatic heterocycles. The molecule has 0 radical (unpaired) electrons. The molecule has 7 rings (SSSR count). The number of hydrogen-bond donors (Lipinski definition) is 0. The third-order valence-corrected chi connectivity index (χ3v) is 6.54. The van der Waals surface area contributed by atoms with Crippen molar-refractivity contribution in [3.63, 3.8) is 0 Å². The van der Waals surface area contributed by atoms with Gasteiger partial charge >= 0.3 is 0 Å². The summed E-state index contributed by atoms with van der Waals surface area (Å²) in [5, 5.41) is 2.35. The molecule has 3 heteroatoms. The fraction of sp³-hybridized carbons (Fsp3) is 0.0333. The molecule has 33 heavy (non-hydrogen) atoms. The molecule has 0 aliphatic carbocycles. The maximum absolute atomic E-state index is 5.31. The van der Waals surface area contributed by atoms with E-state index < -0.39 is 0 Å².